The highest BCUT2D eigenvalue weighted by atomic mass is 16.5. The second kappa shape index (κ2) is 8.69. The highest BCUT2D eigenvalue weighted by Crippen LogP contribution is 2.27. The quantitative estimate of drug-likeness (QED) is 0.527. The van der Waals surface area contributed by atoms with Gasteiger partial charge in [0.1, 0.15) is 0 Å². The smallest absolute Gasteiger partial charge is 0.170 e. The van der Waals surface area contributed by atoms with Gasteiger partial charge in [-0.2, -0.15) is 0 Å². The van der Waals surface area contributed by atoms with Crippen LogP contribution >= 0.6 is 0 Å². The summed E-state index contributed by atoms with van der Waals surface area (Å²) in [5.41, 5.74) is 14.4. The van der Waals surface area contributed by atoms with Crippen LogP contribution in [0.5, 0.6) is 0 Å². The molecule has 3 aromatic rings. The maximum Gasteiger partial charge on any atom is 0.170 e. The molecule has 0 spiro atoms. The van der Waals surface area contributed by atoms with E-state index in [9.17, 15) is 0 Å². The molecule has 0 saturated heterocycles. The Hall–Kier alpha value is -3.16. The molecule has 0 unspecified atom stereocenters. The predicted molar refractivity (Wildman–Crippen MR) is 110 cm³/mol. The van der Waals surface area contributed by atoms with E-state index in [0.29, 0.717) is 0 Å². The molecule has 0 saturated carbocycles. The third-order valence-electron chi connectivity index (χ3n) is 4.70. The lowest BCUT2D eigenvalue weighted by atomic mass is 9.94. The Labute approximate surface area is 164 Å². The average molecular weight is 376 g/mol. The molecule has 1 aliphatic heterocycles. The number of hydrogen-bond acceptors (Lipinski definition) is 6. The van der Waals surface area contributed by atoms with Crippen molar-refractivity contribution in [1.29, 1.82) is 0 Å². The van der Waals surface area contributed by atoms with Gasteiger partial charge < -0.3 is 9.30 Å². The first-order valence-corrected chi connectivity index (χ1v) is 9.48. The van der Waals surface area contributed by atoms with E-state index >= 15 is 0 Å². The minimum atomic E-state index is 0.751. The van der Waals surface area contributed by atoms with Crippen LogP contribution < -0.4 is 16.5 Å². The van der Waals surface area contributed by atoms with Crippen LogP contribution in [0.25, 0.3) is 16.8 Å². The summed E-state index contributed by atoms with van der Waals surface area (Å²) in [7, 11) is 0. The lowest BCUT2D eigenvalue weighted by molar-refractivity contribution is 0.145. The first-order valence-electron chi connectivity index (χ1n) is 9.48. The summed E-state index contributed by atoms with van der Waals surface area (Å²) in [6.45, 7) is 3.54. The number of nitrogens with zero attached hydrogens (tertiary/aromatic N) is 3. The Kier molecular flexibility index (Phi) is 5.65. The summed E-state index contributed by atoms with van der Waals surface area (Å²) >= 11 is 0. The molecule has 0 aliphatic carbocycles. The Bertz CT molecular complexity index is 934. The van der Waals surface area contributed by atoms with Crippen LogP contribution in [0, 0.1) is 0 Å². The second-order valence-electron chi connectivity index (χ2n) is 6.51. The normalized spacial score (nSPS) is 13.1. The predicted octanol–water partition coefficient (Wildman–Crippen LogP) is 2.78. The maximum absolute atomic E-state index is 5.52. The number of aryl methyl sites for hydroxylation is 1. The molecule has 2 aromatic carbocycles. The van der Waals surface area contributed by atoms with Crippen molar-refractivity contribution in [2.45, 2.75) is 19.8 Å². The van der Waals surface area contributed by atoms with Crippen molar-refractivity contribution in [3.05, 3.63) is 72.3 Å². The van der Waals surface area contributed by atoms with Crippen molar-refractivity contribution in [2.75, 3.05) is 13.2 Å². The fourth-order valence-electron chi connectivity index (χ4n) is 3.30. The monoisotopic (exact) mass is 376 g/mol. The molecule has 0 bridgehead atoms. The number of aromatic nitrogens is 2. The first kappa shape index (κ1) is 18.2. The van der Waals surface area contributed by atoms with E-state index in [0.717, 1.165) is 43.1 Å². The molecule has 4 rings (SSSR count). The van der Waals surface area contributed by atoms with Crippen molar-refractivity contribution < 1.29 is 4.74 Å². The second-order valence-corrected chi connectivity index (χ2v) is 6.51. The Morgan fingerprint density at radius 2 is 1.93 bits per heavy atom. The molecule has 0 radical (unpaired) electrons. The summed E-state index contributed by atoms with van der Waals surface area (Å²) in [6.07, 6.45) is 7.46. The molecule has 144 valence electrons. The summed E-state index contributed by atoms with van der Waals surface area (Å²) in [6, 6.07) is 15.0. The average Bonchev–Trinajstić information content (AvgIpc) is 3.46. The van der Waals surface area contributed by atoms with E-state index in [1.807, 2.05) is 17.7 Å². The standard InChI is InChI=1S/C21H24N6O/c1-2-28-13-3-4-17-14-18(21-23-25-26-24-21)7-10-20(17)16-5-8-19(9-6-16)27-12-11-22-15-27/h5-12,14-15,25-26H,2-4,13H2,1H3,(H,23,24). The van der Waals surface area contributed by atoms with Crippen LogP contribution in [-0.4, -0.2) is 28.6 Å². The number of hydrazine groups is 2. The summed E-state index contributed by atoms with van der Waals surface area (Å²) in [5, 5.41) is 4.21. The van der Waals surface area contributed by atoms with E-state index < -0.39 is 0 Å². The number of hydrogen-bond donors (Lipinski definition) is 3. The van der Waals surface area contributed by atoms with Gasteiger partial charge in [0.2, 0.25) is 0 Å². The molecule has 1 aromatic heterocycles. The number of rotatable bonds is 8. The van der Waals surface area contributed by atoms with Crippen molar-refractivity contribution in [3.63, 3.8) is 0 Å². The molecule has 2 heterocycles. The van der Waals surface area contributed by atoms with Crippen molar-refractivity contribution >= 4 is 5.84 Å². The molecule has 7 nitrogen and oxygen atoms in total. The van der Waals surface area contributed by atoms with E-state index in [2.05, 4.69) is 69.0 Å². The van der Waals surface area contributed by atoms with Gasteiger partial charge in [-0.1, -0.05) is 24.3 Å². The van der Waals surface area contributed by atoms with Crippen LogP contribution in [0.3, 0.4) is 0 Å². The summed E-state index contributed by atoms with van der Waals surface area (Å²) in [4.78, 5) is 4.11. The molecule has 0 fully saturated rings. The third kappa shape index (κ3) is 4.05. The first-order chi connectivity index (χ1) is 13.8. The molecule has 0 amide bonds. The zero-order valence-electron chi connectivity index (χ0n) is 15.9. The van der Waals surface area contributed by atoms with E-state index in [4.69, 9.17) is 4.74 Å². The number of benzene rings is 2. The molecule has 1 aliphatic rings. The number of imidazole rings is 1. The highest BCUT2D eigenvalue weighted by molar-refractivity contribution is 5.99. The van der Waals surface area contributed by atoms with Gasteiger partial charge in [-0.15, -0.1) is 10.6 Å². The van der Waals surface area contributed by atoms with Gasteiger partial charge >= 0.3 is 0 Å². The van der Waals surface area contributed by atoms with Crippen LogP contribution in [0.1, 0.15) is 24.5 Å². The zero-order chi connectivity index (χ0) is 19.2. The zero-order valence-corrected chi connectivity index (χ0v) is 15.9. The van der Waals surface area contributed by atoms with Gasteiger partial charge in [-0.25, -0.2) is 10.5 Å². The Morgan fingerprint density at radius 3 is 2.64 bits per heavy atom. The van der Waals surface area contributed by atoms with Crippen molar-refractivity contribution in [2.24, 2.45) is 5.10 Å². The Balaban J connectivity index is 1.62. The van der Waals surface area contributed by atoms with Gasteiger partial charge in [0.25, 0.3) is 0 Å². The van der Waals surface area contributed by atoms with Crippen LogP contribution in [0.2, 0.25) is 0 Å². The van der Waals surface area contributed by atoms with Gasteiger partial charge in [0.15, 0.2) is 5.84 Å². The van der Waals surface area contributed by atoms with E-state index in [-0.39, 0.29) is 0 Å². The molecule has 28 heavy (non-hydrogen) atoms. The van der Waals surface area contributed by atoms with Crippen molar-refractivity contribution in [1.82, 2.24) is 26.0 Å². The lowest BCUT2D eigenvalue weighted by Gasteiger charge is -2.13. The van der Waals surface area contributed by atoms with Gasteiger partial charge in [0.05, 0.1) is 6.33 Å². The SMILES string of the molecule is CCOCCCc1cc(C2=NNNN2)ccc1-c1ccc(-n2ccnc2)cc1. The van der Waals surface area contributed by atoms with Crippen LogP contribution in [0.15, 0.2) is 66.3 Å². The fraction of sp³-hybridized carbons (Fsp3) is 0.238. The topological polar surface area (TPSA) is 75.5 Å². The summed E-state index contributed by atoms with van der Waals surface area (Å²) in [5.74, 6) is 0.785. The lowest BCUT2D eigenvalue weighted by Crippen LogP contribution is -2.35. The summed E-state index contributed by atoms with van der Waals surface area (Å²) < 4.78 is 7.52. The molecular formula is C21H24N6O. The number of amidine groups is 1. The van der Waals surface area contributed by atoms with E-state index in [1.54, 1.807) is 12.5 Å². The maximum atomic E-state index is 5.52. The number of ether oxygens (including phenoxy) is 1. The van der Waals surface area contributed by atoms with Gasteiger partial charge in [0, 0.05) is 36.9 Å². The molecule has 3 N–H and O–H groups in total. The molecule has 7 heteroatoms. The third-order valence-corrected chi connectivity index (χ3v) is 4.70. The molecular weight excluding hydrogens is 352 g/mol. The number of nitrogens with one attached hydrogen (secondary N) is 3. The minimum Gasteiger partial charge on any atom is -0.382 e. The highest BCUT2D eigenvalue weighted by Gasteiger charge is 2.12. The van der Waals surface area contributed by atoms with Gasteiger partial charge in [-0.3, -0.25) is 5.43 Å². The van der Waals surface area contributed by atoms with E-state index in [1.165, 1.54) is 16.7 Å². The number of hydrazone groups is 1. The van der Waals surface area contributed by atoms with Crippen LogP contribution in [-0.2, 0) is 11.2 Å². The Morgan fingerprint density at radius 1 is 1.07 bits per heavy atom. The largest absolute Gasteiger partial charge is 0.382 e. The fourth-order valence-corrected chi connectivity index (χ4v) is 3.30. The van der Waals surface area contributed by atoms with Crippen molar-refractivity contribution in [3.8, 4) is 16.8 Å². The van der Waals surface area contributed by atoms with Gasteiger partial charge in [-0.05, 0) is 54.7 Å². The molecule has 0 atom stereocenters. The van der Waals surface area contributed by atoms with Crippen LogP contribution in [0.4, 0.5) is 0 Å². The minimum absolute atomic E-state index is 0.751.